The standard InChI is InChI=1S/C18H15Cl2FN2O3S/c19-14-3-1-12(9-15(14)20)11-5-7-23(8-6-11)18(24)13-2-4-16(21)17(10-13)27(22,25)26/h1-5,9-10H,6-8H2,(H2,22,25,26). The fourth-order valence-electron chi connectivity index (χ4n) is 2.85. The third-order valence-electron chi connectivity index (χ3n) is 4.27. The second kappa shape index (κ2) is 7.59. The largest absolute Gasteiger partial charge is 0.335 e. The molecule has 5 nitrogen and oxygen atoms in total. The lowest BCUT2D eigenvalue weighted by Gasteiger charge is -2.27. The fraction of sp³-hybridized carbons (Fsp3) is 0.167. The number of carbonyl (C=O) groups excluding carboxylic acids is 1. The van der Waals surface area contributed by atoms with Gasteiger partial charge >= 0.3 is 0 Å². The zero-order valence-electron chi connectivity index (χ0n) is 14.0. The number of primary sulfonamides is 1. The zero-order chi connectivity index (χ0) is 19.8. The molecule has 142 valence electrons. The first-order valence-electron chi connectivity index (χ1n) is 7.93. The van der Waals surface area contributed by atoms with Crippen molar-refractivity contribution >= 4 is 44.7 Å². The van der Waals surface area contributed by atoms with Gasteiger partial charge in [-0.15, -0.1) is 0 Å². The molecule has 0 saturated carbocycles. The monoisotopic (exact) mass is 428 g/mol. The van der Waals surface area contributed by atoms with Crippen LogP contribution in [0.3, 0.4) is 0 Å². The van der Waals surface area contributed by atoms with Gasteiger partial charge in [-0.25, -0.2) is 17.9 Å². The van der Waals surface area contributed by atoms with Gasteiger partial charge in [-0.3, -0.25) is 4.79 Å². The fourth-order valence-corrected chi connectivity index (χ4v) is 3.78. The number of halogens is 3. The molecular formula is C18H15Cl2FN2O3S. The lowest BCUT2D eigenvalue weighted by atomic mass is 9.99. The Kier molecular flexibility index (Phi) is 5.58. The molecule has 0 atom stereocenters. The van der Waals surface area contributed by atoms with E-state index in [0.29, 0.717) is 29.6 Å². The van der Waals surface area contributed by atoms with Crippen LogP contribution in [0.25, 0.3) is 5.57 Å². The van der Waals surface area contributed by atoms with Gasteiger partial charge in [0, 0.05) is 18.7 Å². The molecule has 0 bridgehead atoms. The van der Waals surface area contributed by atoms with Gasteiger partial charge in [0.2, 0.25) is 10.0 Å². The van der Waals surface area contributed by atoms with E-state index in [2.05, 4.69) is 0 Å². The van der Waals surface area contributed by atoms with Crippen molar-refractivity contribution in [2.75, 3.05) is 13.1 Å². The average Bonchev–Trinajstić information content (AvgIpc) is 2.63. The summed E-state index contributed by atoms with van der Waals surface area (Å²) in [7, 11) is -4.25. The van der Waals surface area contributed by atoms with Crippen LogP contribution in [0, 0.1) is 5.82 Å². The molecule has 0 saturated heterocycles. The van der Waals surface area contributed by atoms with Gasteiger partial charge in [0.15, 0.2) is 0 Å². The highest BCUT2D eigenvalue weighted by atomic mass is 35.5. The zero-order valence-corrected chi connectivity index (χ0v) is 16.3. The molecule has 2 aromatic carbocycles. The normalized spacial score (nSPS) is 14.8. The first-order valence-corrected chi connectivity index (χ1v) is 10.2. The average molecular weight is 429 g/mol. The van der Waals surface area contributed by atoms with E-state index in [0.717, 1.165) is 23.3 Å². The highest BCUT2D eigenvalue weighted by molar-refractivity contribution is 7.89. The summed E-state index contributed by atoms with van der Waals surface area (Å²) >= 11 is 12.0. The Labute approximate surface area is 166 Å². The highest BCUT2D eigenvalue weighted by Gasteiger charge is 2.22. The van der Waals surface area contributed by atoms with Crippen LogP contribution in [0.1, 0.15) is 22.3 Å². The number of hydrogen-bond donors (Lipinski definition) is 1. The maximum absolute atomic E-state index is 13.7. The van der Waals surface area contributed by atoms with Crippen LogP contribution in [0.15, 0.2) is 47.4 Å². The Morgan fingerprint density at radius 3 is 2.44 bits per heavy atom. The molecule has 2 N–H and O–H groups in total. The molecule has 0 spiro atoms. The van der Waals surface area contributed by atoms with Crippen molar-refractivity contribution in [3.63, 3.8) is 0 Å². The summed E-state index contributed by atoms with van der Waals surface area (Å²) in [5.74, 6) is -1.39. The topological polar surface area (TPSA) is 80.5 Å². The van der Waals surface area contributed by atoms with Crippen LogP contribution in [0.4, 0.5) is 4.39 Å². The predicted molar refractivity (Wildman–Crippen MR) is 103 cm³/mol. The number of nitrogens with two attached hydrogens (primary N) is 1. The minimum Gasteiger partial charge on any atom is -0.335 e. The van der Waals surface area contributed by atoms with E-state index in [1.54, 1.807) is 17.0 Å². The van der Waals surface area contributed by atoms with Gasteiger partial charge in [-0.2, -0.15) is 0 Å². The molecule has 0 fully saturated rings. The van der Waals surface area contributed by atoms with Gasteiger partial charge in [-0.1, -0.05) is 35.3 Å². The number of benzene rings is 2. The third kappa shape index (κ3) is 4.32. The molecule has 1 aliphatic rings. The van der Waals surface area contributed by atoms with Crippen molar-refractivity contribution in [3.05, 3.63) is 69.5 Å². The minimum absolute atomic E-state index is 0.0619. The van der Waals surface area contributed by atoms with E-state index < -0.39 is 26.6 Å². The molecule has 0 radical (unpaired) electrons. The van der Waals surface area contributed by atoms with Crippen molar-refractivity contribution < 1.29 is 17.6 Å². The van der Waals surface area contributed by atoms with Crippen molar-refractivity contribution in [2.24, 2.45) is 5.14 Å². The van der Waals surface area contributed by atoms with E-state index in [1.165, 1.54) is 6.07 Å². The lowest BCUT2D eigenvalue weighted by molar-refractivity contribution is 0.0772. The Bertz CT molecular complexity index is 1050. The molecular weight excluding hydrogens is 414 g/mol. The van der Waals surface area contributed by atoms with Crippen LogP contribution in [-0.4, -0.2) is 32.3 Å². The summed E-state index contributed by atoms with van der Waals surface area (Å²) in [6.45, 7) is 0.753. The van der Waals surface area contributed by atoms with E-state index in [1.807, 2.05) is 12.1 Å². The Morgan fingerprint density at radius 1 is 1.11 bits per heavy atom. The predicted octanol–water partition coefficient (Wildman–Crippen LogP) is 3.71. The van der Waals surface area contributed by atoms with Crippen LogP contribution < -0.4 is 5.14 Å². The summed E-state index contributed by atoms with van der Waals surface area (Å²) in [6, 6.07) is 8.47. The Hall–Kier alpha value is -1.93. The number of carbonyl (C=O) groups is 1. The van der Waals surface area contributed by atoms with Gasteiger partial charge < -0.3 is 4.90 Å². The molecule has 1 heterocycles. The molecule has 0 aromatic heterocycles. The molecule has 2 aromatic rings. The van der Waals surface area contributed by atoms with E-state index in [4.69, 9.17) is 28.3 Å². The number of nitrogens with zero attached hydrogens (tertiary/aromatic N) is 1. The summed E-state index contributed by atoms with van der Waals surface area (Å²) in [4.78, 5) is 13.5. The van der Waals surface area contributed by atoms with Crippen LogP contribution in [-0.2, 0) is 10.0 Å². The molecule has 0 unspecified atom stereocenters. The van der Waals surface area contributed by atoms with E-state index in [-0.39, 0.29) is 5.56 Å². The molecule has 27 heavy (non-hydrogen) atoms. The molecule has 1 amide bonds. The Balaban J connectivity index is 1.80. The molecule has 0 aliphatic carbocycles. The van der Waals surface area contributed by atoms with Crippen molar-refractivity contribution in [3.8, 4) is 0 Å². The third-order valence-corrected chi connectivity index (χ3v) is 5.94. The summed E-state index contributed by atoms with van der Waals surface area (Å²) in [5.41, 5.74) is 2.02. The smallest absolute Gasteiger partial charge is 0.254 e. The second-order valence-electron chi connectivity index (χ2n) is 6.05. The number of hydrogen-bond acceptors (Lipinski definition) is 3. The van der Waals surface area contributed by atoms with Crippen LogP contribution >= 0.6 is 23.2 Å². The van der Waals surface area contributed by atoms with E-state index in [9.17, 15) is 17.6 Å². The SMILES string of the molecule is NS(=O)(=O)c1cc(C(=O)N2CC=C(c3ccc(Cl)c(Cl)c3)CC2)ccc1F. The first kappa shape index (κ1) is 19.8. The number of sulfonamides is 1. The number of amides is 1. The van der Waals surface area contributed by atoms with Gasteiger partial charge in [0.25, 0.3) is 5.91 Å². The maximum Gasteiger partial charge on any atom is 0.254 e. The summed E-state index contributed by atoms with van der Waals surface area (Å²) in [6.07, 6.45) is 2.48. The lowest BCUT2D eigenvalue weighted by Crippen LogP contribution is -2.34. The second-order valence-corrected chi connectivity index (χ2v) is 8.39. The Morgan fingerprint density at radius 2 is 1.85 bits per heavy atom. The first-order chi connectivity index (χ1) is 12.7. The molecule has 1 aliphatic heterocycles. The van der Waals surface area contributed by atoms with Crippen molar-refractivity contribution in [1.82, 2.24) is 4.90 Å². The minimum atomic E-state index is -4.25. The number of rotatable bonds is 3. The highest BCUT2D eigenvalue weighted by Crippen LogP contribution is 2.29. The van der Waals surface area contributed by atoms with Crippen LogP contribution in [0.2, 0.25) is 10.0 Å². The van der Waals surface area contributed by atoms with Gasteiger partial charge in [0.05, 0.1) is 10.0 Å². The van der Waals surface area contributed by atoms with Gasteiger partial charge in [-0.05, 0) is 47.9 Å². The van der Waals surface area contributed by atoms with Crippen LogP contribution in [0.5, 0.6) is 0 Å². The maximum atomic E-state index is 13.7. The quantitative estimate of drug-likeness (QED) is 0.808. The van der Waals surface area contributed by atoms with E-state index >= 15 is 0 Å². The molecule has 3 rings (SSSR count). The van der Waals surface area contributed by atoms with Gasteiger partial charge in [0.1, 0.15) is 10.7 Å². The van der Waals surface area contributed by atoms with Crippen molar-refractivity contribution in [2.45, 2.75) is 11.3 Å². The van der Waals surface area contributed by atoms with Crippen molar-refractivity contribution in [1.29, 1.82) is 0 Å². The molecule has 9 heteroatoms. The summed E-state index contributed by atoms with van der Waals surface area (Å²) in [5, 5.41) is 5.91. The summed E-state index contributed by atoms with van der Waals surface area (Å²) < 4.78 is 36.5.